The molecule has 2 atom stereocenters. The first-order valence-electron chi connectivity index (χ1n) is 10.9. The van der Waals surface area contributed by atoms with Crippen molar-refractivity contribution in [1.29, 1.82) is 0 Å². The van der Waals surface area contributed by atoms with Gasteiger partial charge in [0.1, 0.15) is 5.75 Å². The molecular formula is C25H30N2O3. The van der Waals surface area contributed by atoms with Gasteiger partial charge < -0.3 is 15.0 Å². The Balaban J connectivity index is 1.34. The molecule has 2 aromatic rings. The molecule has 2 fully saturated rings. The number of likely N-dealkylation sites (tertiary alicyclic amines) is 1. The Labute approximate surface area is 178 Å². The molecule has 0 aromatic heterocycles. The second-order valence-corrected chi connectivity index (χ2v) is 8.35. The van der Waals surface area contributed by atoms with Crippen LogP contribution in [0.15, 0.2) is 54.6 Å². The quantitative estimate of drug-likeness (QED) is 0.762. The summed E-state index contributed by atoms with van der Waals surface area (Å²) in [6.45, 7) is 1.11. The van der Waals surface area contributed by atoms with E-state index in [1.807, 2.05) is 47.4 Å². The third kappa shape index (κ3) is 4.84. The average Bonchev–Trinajstić information content (AvgIpc) is 3.65. The number of rotatable bonds is 7. The summed E-state index contributed by atoms with van der Waals surface area (Å²) in [7, 11) is 1.65. The molecule has 5 nitrogen and oxygen atoms in total. The van der Waals surface area contributed by atoms with E-state index in [1.54, 1.807) is 7.11 Å². The van der Waals surface area contributed by atoms with E-state index in [9.17, 15) is 9.59 Å². The van der Waals surface area contributed by atoms with Gasteiger partial charge in [0.15, 0.2) is 0 Å². The predicted octanol–water partition coefficient (Wildman–Crippen LogP) is 3.74. The van der Waals surface area contributed by atoms with Crippen LogP contribution < -0.4 is 10.1 Å². The molecule has 1 saturated carbocycles. The van der Waals surface area contributed by atoms with E-state index in [2.05, 4.69) is 17.4 Å². The van der Waals surface area contributed by atoms with Crippen molar-refractivity contribution in [2.24, 2.45) is 11.8 Å². The van der Waals surface area contributed by atoms with Crippen LogP contribution in [0.4, 0.5) is 0 Å². The highest BCUT2D eigenvalue weighted by molar-refractivity contribution is 5.84. The van der Waals surface area contributed by atoms with Crippen LogP contribution in [0, 0.1) is 11.8 Å². The van der Waals surface area contributed by atoms with Crippen LogP contribution in [0.5, 0.6) is 5.75 Å². The monoisotopic (exact) mass is 406 g/mol. The van der Waals surface area contributed by atoms with Crippen LogP contribution in [0.3, 0.4) is 0 Å². The Bertz CT molecular complexity index is 862. The topological polar surface area (TPSA) is 58.6 Å². The molecule has 1 aliphatic carbocycles. The number of piperidine rings is 1. The fraction of sp³-hybridized carbons (Fsp3) is 0.440. The number of carbonyl (C=O) groups excluding carboxylic acids is 2. The van der Waals surface area contributed by atoms with E-state index in [0.29, 0.717) is 13.1 Å². The molecule has 0 bridgehead atoms. The van der Waals surface area contributed by atoms with Crippen LogP contribution in [0.2, 0.25) is 0 Å². The highest BCUT2D eigenvalue weighted by atomic mass is 16.5. The van der Waals surface area contributed by atoms with Crippen molar-refractivity contribution in [3.05, 3.63) is 65.7 Å². The maximum absolute atomic E-state index is 12.9. The lowest BCUT2D eigenvalue weighted by Crippen LogP contribution is -2.47. The molecule has 158 valence electrons. The summed E-state index contributed by atoms with van der Waals surface area (Å²) in [5.74, 6) is 1.14. The normalized spacial score (nSPS) is 21.2. The number of amides is 2. The standard InChI is InChI=1S/C25H30N2O3/c1-30-22-12-7-18(8-13-22)15-16-26-24(28)21-11-14-23(19-5-3-2-4-6-19)27(17-21)25(29)20-9-10-20/h2-8,12-13,20-21,23H,9-11,14-17H2,1H3,(H,26,28). The lowest BCUT2D eigenvalue weighted by Gasteiger charge is -2.39. The SMILES string of the molecule is COc1ccc(CCNC(=O)C2CCC(c3ccccc3)N(C(=O)C3CC3)C2)cc1. The molecule has 1 heterocycles. The molecule has 2 aliphatic rings. The first-order chi connectivity index (χ1) is 14.7. The molecule has 2 aromatic carbocycles. The molecule has 0 radical (unpaired) electrons. The second-order valence-electron chi connectivity index (χ2n) is 8.35. The van der Waals surface area contributed by atoms with Gasteiger partial charge in [0.05, 0.1) is 19.1 Å². The number of hydrogen-bond acceptors (Lipinski definition) is 3. The fourth-order valence-electron chi connectivity index (χ4n) is 4.28. The first kappa shape index (κ1) is 20.5. The number of carbonyl (C=O) groups is 2. The van der Waals surface area contributed by atoms with E-state index >= 15 is 0 Å². The van der Waals surface area contributed by atoms with Gasteiger partial charge in [0, 0.05) is 19.0 Å². The van der Waals surface area contributed by atoms with Crippen molar-refractivity contribution in [1.82, 2.24) is 10.2 Å². The number of nitrogens with one attached hydrogen (secondary N) is 1. The van der Waals surface area contributed by atoms with Crippen LogP contribution in [-0.4, -0.2) is 36.9 Å². The molecule has 2 amide bonds. The molecule has 5 heteroatoms. The summed E-state index contributed by atoms with van der Waals surface area (Å²) in [5, 5.41) is 3.08. The first-order valence-corrected chi connectivity index (χ1v) is 10.9. The van der Waals surface area contributed by atoms with Crippen LogP contribution >= 0.6 is 0 Å². The minimum absolute atomic E-state index is 0.0589. The van der Waals surface area contributed by atoms with Gasteiger partial charge in [-0.1, -0.05) is 42.5 Å². The zero-order valence-electron chi connectivity index (χ0n) is 17.5. The van der Waals surface area contributed by atoms with Crippen molar-refractivity contribution < 1.29 is 14.3 Å². The van der Waals surface area contributed by atoms with Crippen molar-refractivity contribution in [2.75, 3.05) is 20.2 Å². The summed E-state index contributed by atoms with van der Waals surface area (Å²) >= 11 is 0. The molecule has 1 saturated heterocycles. The summed E-state index contributed by atoms with van der Waals surface area (Å²) in [6.07, 6.45) is 4.38. The van der Waals surface area contributed by atoms with E-state index in [-0.39, 0.29) is 29.7 Å². The predicted molar refractivity (Wildman–Crippen MR) is 116 cm³/mol. The number of nitrogens with zero attached hydrogens (tertiary/aromatic N) is 1. The average molecular weight is 407 g/mol. The summed E-state index contributed by atoms with van der Waals surface area (Å²) in [5.41, 5.74) is 2.33. The zero-order chi connectivity index (χ0) is 20.9. The lowest BCUT2D eigenvalue weighted by molar-refractivity contribution is -0.140. The number of ether oxygens (including phenoxy) is 1. The summed E-state index contributed by atoms with van der Waals surface area (Å²) < 4.78 is 5.18. The van der Waals surface area contributed by atoms with Gasteiger partial charge in [-0.3, -0.25) is 9.59 Å². The van der Waals surface area contributed by atoms with E-state index in [1.165, 1.54) is 5.56 Å². The molecule has 1 aliphatic heterocycles. The van der Waals surface area contributed by atoms with Gasteiger partial charge in [-0.15, -0.1) is 0 Å². The maximum atomic E-state index is 12.9. The lowest BCUT2D eigenvalue weighted by atomic mass is 9.88. The molecule has 4 rings (SSSR count). The summed E-state index contributed by atoms with van der Waals surface area (Å²) in [6, 6.07) is 18.2. The number of benzene rings is 2. The Morgan fingerprint density at radius 3 is 2.33 bits per heavy atom. The van der Waals surface area contributed by atoms with Crippen LogP contribution in [-0.2, 0) is 16.0 Å². The minimum Gasteiger partial charge on any atom is -0.497 e. The Morgan fingerprint density at radius 2 is 1.67 bits per heavy atom. The van der Waals surface area contributed by atoms with E-state index in [4.69, 9.17) is 4.74 Å². The van der Waals surface area contributed by atoms with Gasteiger partial charge >= 0.3 is 0 Å². The molecular weight excluding hydrogens is 376 g/mol. The fourth-order valence-corrected chi connectivity index (χ4v) is 4.28. The highest BCUT2D eigenvalue weighted by Crippen LogP contribution is 2.39. The minimum atomic E-state index is -0.136. The van der Waals surface area contributed by atoms with Crippen LogP contribution in [0.1, 0.15) is 42.9 Å². The molecule has 2 unspecified atom stereocenters. The zero-order valence-corrected chi connectivity index (χ0v) is 17.5. The van der Waals surface area contributed by atoms with Crippen molar-refractivity contribution in [3.8, 4) is 5.75 Å². The highest BCUT2D eigenvalue weighted by Gasteiger charge is 2.41. The second kappa shape index (κ2) is 9.33. The van der Waals surface area contributed by atoms with E-state index in [0.717, 1.165) is 43.4 Å². The Morgan fingerprint density at radius 1 is 0.967 bits per heavy atom. The van der Waals surface area contributed by atoms with Gasteiger partial charge in [0.25, 0.3) is 0 Å². The van der Waals surface area contributed by atoms with E-state index < -0.39 is 0 Å². The van der Waals surface area contributed by atoms with Gasteiger partial charge in [-0.25, -0.2) is 0 Å². The third-order valence-corrected chi connectivity index (χ3v) is 6.22. The van der Waals surface area contributed by atoms with Crippen molar-refractivity contribution in [2.45, 2.75) is 38.1 Å². The number of hydrogen-bond donors (Lipinski definition) is 1. The van der Waals surface area contributed by atoms with Gasteiger partial charge in [-0.05, 0) is 55.4 Å². The van der Waals surface area contributed by atoms with Crippen molar-refractivity contribution >= 4 is 11.8 Å². The molecule has 30 heavy (non-hydrogen) atoms. The molecule has 0 spiro atoms. The largest absolute Gasteiger partial charge is 0.497 e. The van der Waals surface area contributed by atoms with Gasteiger partial charge in [-0.2, -0.15) is 0 Å². The number of methoxy groups -OCH3 is 1. The van der Waals surface area contributed by atoms with Gasteiger partial charge in [0.2, 0.25) is 11.8 Å². The molecule has 1 N–H and O–H groups in total. The summed E-state index contributed by atoms with van der Waals surface area (Å²) in [4.78, 5) is 27.7. The van der Waals surface area contributed by atoms with Crippen molar-refractivity contribution in [3.63, 3.8) is 0 Å². The smallest absolute Gasteiger partial charge is 0.226 e. The van der Waals surface area contributed by atoms with Crippen LogP contribution in [0.25, 0.3) is 0 Å². The Kier molecular flexibility index (Phi) is 6.36. The maximum Gasteiger partial charge on any atom is 0.226 e. The Hall–Kier alpha value is -2.82. The third-order valence-electron chi connectivity index (χ3n) is 6.22.